The average Bonchev–Trinajstić information content (AvgIpc) is 3.38. The van der Waals surface area contributed by atoms with Gasteiger partial charge in [0.15, 0.2) is 0 Å². The highest BCUT2D eigenvalue weighted by atomic mass is 32.2. The van der Waals surface area contributed by atoms with Crippen LogP contribution in [0.4, 0.5) is 5.69 Å². The van der Waals surface area contributed by atoms with Gasteiger partial charge in [-0.1, -0.05) is 24.3 Å². The zero-order valence-electron chi connectivity index (χ0n) is 13.9. The molecular formula is C18H21N3O2S. The number of nitriles is 1. The highest BCUT2D eigenvalue weighted by Gasteiger charge is 2.38. The zero-order chi connectivity index (χ0) is 17.3. The molecule has 0 atom stereocenters. The minimum atomic E-state index is -3.62. The minimum absolute atomic E-state index is 0.0376. The molecule has 0 heterocycles. The molecule has 0 unspecified atom stereocenters. The molecule has 1 aliphatic rings. The van der Waals surface area contributed by atoms with E-state index in [1.54, 1.807) is 12.1 Å². The number of rotatable bonds is 6. The maximum absolute atomic E-state index is 13.2. The van der Waals surface area contributed by atoms with Gasteiger partial charge in [-0.05, 0) is 25.0 Å². The molecule has 126 valence electrons. The van der Waals surface area contributed by atoms with Crippen LogP contribution < -0.4 is 4.90 Å². The molecule has 2 aromatic carbocycles. The van der Waals surface area contributed by atoms with Gasteiger partial charge in [-0.15, -0.1) is 0 Å². The number of anilines is 1. The molecule has 2 aromatic rings. The van der Waals surface area contributed by atoms with E-state index < -0.39 is 10.0 Å². The number of nitrogens with zero attached hydrogens (tertiary/aromatic N) is 3. The van der Waals surface area contributed by atoms with Crippen molar-refractivity contribution >= 4 is 26.5 Å². The maximum atomic E-state index is 13.2. The highest BCUT2D eigenvalue weighted by Crippen LogP contribution is 2.36. The van der Waals surface area contributed by atoms with Gasteiger partial charge in [0.05, 0.1) is 11.0 Å². The fraction of sp³-hybridized carbons (Fsp3) is 0.389. The second-order valence-electron chi connectivity index (χ2n) is 6.28. The van der Waals surface area contributed by atoms with Crippen LogP contribution in [-0.2, 0) is 10.0 Å². The summed E-state index contributed by atoms with van der Waals surface area (Å²) in [5, 5.41) is 10.5. The van der Waals surface area contributed by atoms with Gasteiger partial charge in [-0.25, -0.2) is 8.42 Å². The van der Waals surface area contributed by atoms with Crippen molar-refractivity contribution in [2.75, 3.05) is 25.5 Å². The Kier molecular flexibility index (Phi) is 4.48. The predicted molar refractivity (Wildman–Crippen MR) is 95.4 cm³/mol. The van der Waals surface area contributed by atoms with Gasteiger partial charge in [0.1, 0.15) is 0 Å². The summed E-state index contributed by atoms with van der Waals surface area (Å²) in [6, 6.07) is 13.2. The van der Waals surface area contributed by atoms with Crippen molar-refractivity contribution in [2.45, 2.75) is 30.2 Å². The largest absolute Gasteiger partial charge is 0.377 e. The number of hydrogen-bond donors (Lipinski definition) is 0. The fourth-order valence-corrected chi connectivity index (χ4v) is 4.92. The van der Waals surface area contributed by atoms with Crippen LogP contribution in [-0.4, -0.2) is 39.4 Å². The van der Waals surface area contributed by atoms with Gasteiger partial charge in [-0.3, -0.25) is 0 Å². The summed E-state index contributed by atoms with van der Waals surface area (Å²) in [6.45, 7) is 0.257. The number of hydrogen-bond acceptors (Lipinski definition) is 4. The molecule has 0 spiro atoms. The SMILES string of the molecule is CN(C)c1cccc2c(S(=O)(=O)N(CCC#N)C3CC3)cccc12. The van der Waals surface area contributed by atoms with Gasteiger partial charge in [-0.2, -0.15) is 9.57 Å². The van der Waals surface area contributed by atoms with Crippen LogP contribution in [0.3, 0.4) is 0 Å². The molecule has 3 rings (SSSR count). The second kappa shape index (κ2) is 6.42. The van der Waals surface area contributed by atoms with Gasteiger partial charge in [0.25, 0.3) is 0 Å². The van der Waals surface area contributed by atoms with Crippen LogP contribution >= 0.6 is 0 Å². The smallest absolute Gasteiger partial charge is 0.243 e. The molecule has 0 saturated heterocycles. The third kappa shape index (κ3) is 2.97. The molecule has 6 heteroatoms. The van der Waals surface area contributed by atoms with Crippen molar-refractivity contribution in [3.8, 4) is 6.07 Å². The van der Waals surface area contributed by atoms with E-state index in [1.807, 2.05) is 43.3 Å². The number of benzene rings is 2. The Labute approximate surface area is 143 Å². The lowest BCUT2D eigenvalue weighted by molar-refractivity contribution is 0.411. The first-order valence-corrected chi connectivity index (χ1v) is 9.48. The summed E-state index contributed by atoms with van der Waals surface area (Å²) in [5.74, 6) is 0. The molecule has 1 fully saturated rings. The van der Waals surface area contributed by atoms with Crippen molar-refractivity contribution in [3.05, 3.63) is 36.4 Å². The van der Waals surface area contributed by atoms with Gasteiger partial charge < -0.3 is 4.90 Å². The first-order chi connectivity index (χ1) is 11.5. The van der Waals surface area contributed by atoms with Crippen LogP contribution in [0.15, 0.2) is 41.3 Å². The highest BCUT2D eigenvalue weighted by molar-refractivity contribution is 7.89. The van der Waals surface area contributed by atoms with Crippen LogP contribution in [0.25, 0.3) is 10.8 Å². The van der Waals surface area contributed by atoms with Gasteiger partial charge in [0.2, 0.25) is 10.0 Å². The van der Waals surface area contributed by atoms with Crippen molar-refractivity contribution in [2.24, 2.45) is 0 Å². The average molecular weight is 343 g/mol. The van der Waals surface area contributed by atoms with E-state index in [1.165, 1.54) is 4.31 Å². The second-order valence-corrected chi connectivity index (χ2v) is 8.14. The van der Waals surface area contributed by atoms with E-state index in [0.29, 0.717) is 4.90 Å². The van der Waals surface area contributed by atoms with E-state index in [4.69, 9.17) is 5.26 Å². The Morgan fingerprint density at radius 1 is 1.12 bits per heavy atom. The van der Waals surface area contributed by atoms with Crippen molar-refractivity contribution in [1.82, 2.24) is 4.31 Å². The topological polar surface area (TPSA) is 64.4 Å². The summed E-state index contributed by atoms with van der Waals surface area (Å²) in [4.78, 5) is 2.31. The first-order valence-electron chi connectivity index (χ1n) is 8.04. The first kappa shape index (κ1) is 16.7. The standard InChI is InChI=1S/C18H21N3O2S/c1-20(2)17-8-3-7-16-15(17)6-4-9-18(16)24(22,23)21(13-5-12-19)14-10-11-14/h3-4,6-9,14H,5,10-11,13H2,1-2H3. The minimum Gasteiger partial charge on any atom is -0.377 e. The van der Waals surface area contributed by atoms with Crippen molar-refractivity contribution in [3.63, 3.8) is 0 Å². The van der Waals surface area contributed by atoms with Crippen molar-refractivity contribution < 1.29 is 8.42 Å². The van der Waals surface area contributed by atoms with Gasteiger partial charge in [0, 0.05) is 49.6 Å². The number of fused-ring (bicyclic) bond motifs is 1. The quantitative estimate of drug-likeness (QED) is 0.809. The molecule has 24 heavy (non-hydrogen) atoms. The summed E-state index contributed by atoms with van der Waals surface area (Å²) in [7, 11) is 0.272. The molecule has 0 radical (unpaired) electrons. The van der Waals surface area contributed by atoms with Crippen LogP contribution in [0.1, 0.15) is 19.3 Å². The molecule has 0 aliphatic heterocycles. The number of sulfonamides is 1. The summed E-state index contributed by atoms with van der Waals surface area (Å²) >= 11 is 0. The van der Waals surface area contributed by atoms with E-state index in [9.17, 15) is 8.42 Å². The normalized spacial score (nSPS) is 14.8. The molecule has 0 bridgehead atoms. The fourth-order valence-electron chi connectivity index (χ4n) is 3.03. The van der Waals surface area contributed by atoms with E-state index in [-0.39, 0.29) is 19.0 Å². The Balaban J connectivity index is 2.14. The van der Waals surface area contributed by atoms with Crippen LogP contribution in [0.5, 0.6) is 0 Å². The predicted octanol–water partition coefficient (Wildman–Crippen LogP) is 2.97. The lowest BCUT2D eigenvalue weighted by Crippen LogP contribution is -2.34. The van der Waals surface area contributed by atoms with E-state index in [0.717, 1.165) is 29.3 Å². The Bertz CT molecular complexity index is 896. The molecule has 1 saturated carbocycles. The van der Waals surface area contributed by atoms with Gasteiger partial charge >= 0.3 is 0 Å². The zero-order valence-corrected chi connectivity index (χ0v) is 14.8. The molecule has 0 aromatic heterocycles. The maximum Gasteiger partial charge on any atom is 0.243 e. The summed E-state index contributed by atoms with van der Waals surface area (Å²) in [6.07, 6.45) is 1.96. The molecule has 1 aliphatic carbocycles. The monoisotopic (exact) mass is 343 g/mol. The lowest BCUT2D eigenvalue weighted by atomic mass is 10.1. The Hall–Kier alpha value is -2.10. The Morgan fingerprint density at radius 2 is 1.79 bits per heavy atom. The van der Waals surface area contributed by atoms with Crippen molar-refractivity contribution in [1.29, 1.82) is 5.26 Å². The van der Waals surface area contributed by atoms with E-state index >= 15 is 0 Å². The lowest BCUT2D eigenvalue weighted by Gasteiger charge is -2.22. The Morgan fingerprint density at radius 3 is 2.42 bits per heavy atom. The third-order valence-corrected chi connectivity index (χ3v) is 6.34. The van der Waals surface area contributed by atoms with Crippen LogP contribution in [0.2, 0.25) is 0 Å². The molecule has 0 amide bonds. The molecule has 5 nitrogen and oxygen atoms in total. The summed E-state index contributed by atoms with van der Waals surface area (Å²) < 4.78 is 27.9. The van der Waals surface area contributed by atoms with Crippen LogP contribution in [0, 0.1) is 11.3 Å². The summed E-state index contributed by atoms with van der Waals surface area (Å²) in [5.41, 5.74) is 0.986. The third-order valence-electron chi connectivity index (χ3n) is 4.33. The molecular weight excluding hydrogens is 322 g/mol. The molecule has 0 N–H and O–H groups in total. The van der Waals surface area contributed by atoms with E-state index in [2.05, 4.69) is 6.07 Å².